The van der Waals surface area contributed by atoms with Gasteiger partial charge in [0.15, 0.2) is 0 Å². The minimum atomic E-state index is -0.315. The maximum absolute atomic E-state index is 5.35. The van der Waals surface area contributed by atoms with E-state index in [1.165, 1.54) is 0 Å². The van der Waals surface area contributed by atoms with Crippen molar-refractivity contribution in [1.82, 2.24) is 0 Å². The molecule has 0 amide bonds. The first kappa shape index (κ1) is 8.33. The predicted octanol–water partition coefficient (Wildman–Crippen LogP) is 0.125. The van der Waals surface area contributed by atoms with E-state index in [0.29, 0.717) is 6.54 Å². The van der Waals surface area contributed by atoms with E-state index in [0.717, 1.165) is 0 Å². The van der Waals surface area contributed by atoms with Crippen LogP contribution < -0.4 is 5.73 Å². The van der Waals surface area contributed by atoms with E-state index in [9.17, 15) is 0 Å². The molecular formula is C7H14N2O2. The molecule has 0 saturated carbocycles. The minimum absolute atomic E-state index is 0.0486. The molecule has 0 aromatic carbocycles. The molecule has 1 aliphatic heterocycles. The number of aliphatic imine (C=N–C) groups is 1. The maximum atomic E-state index is 5.35. The minimum Gasteiger partial charge on any atom is -0.457 e. The zero-order chi connectivity index (χ0) is 8.48. The van der Waals surface area contributed by atoms with Gasteiger partial charge in [0.1, 0.15) is 11.7 Å². The van der Waals surface area contributed by atoms with Gasteiger partial charge in [0.05, 0.1) is 6.54 Å². The number of rotatable bonds is 2. The Kier molecular flexibility index (Phi) is 2.04. The van der Waals surface area contributed by atoms with E-state index < -0.39 is 0 Å². The van der Waals surface area contributed by atoms with E-state index in [1.54, 1.807) is 7.11 Å². The average molecular weight is 158 g/mol. The highest BCUT2D eigenvalue weighted by Crippen LogP contribution is 2.20. The number of methoxy groups -OCH3 is 1. The second-order valence-electron chi connectivity index (χ2n) is 3.09. The smallest absolute Gasteiger partial charge is 0.282 e. The molecule has 0 spiro atoms. The quantitative estimate of drug-likeness (QED) is 0.621. The average Bonchev–Trinajstić information content (AvgIpc) is 2.36. The zero-order valence-electron chi connectivity index (χ0n) is 7.13. The van der Waals surface area contributed by atoms with Crippen molar-refractivity contribution in [3.63, 3.8) is 0 Å². The highest BCUT2D eigenvalue weighted by molar-refractivity contribution is 5.73. The number of hydrogen-bond acceptors (Lipinski definition) is 4. The molecule has 0 aliphatic carbocycles. The van der Waals surface area contributed by atoms with Crippen LogP contribution in [0.1, 0.15) is 13.8 Å². The monoisotopic (exact) mass is 158 g/mol. The number of hydrogen-bond donors (Lipinski definition) is 1. The van der Waals surface area contributed by atoms with Gasteiger partial charge in [-0.3, -0.25) is 0 Å². The summed E-state index contributed by atoms with van der Waals surface area (Å²) in [5.74, 6) is 0. The van der Waals surface area contributed by atoms with Crippen LogP contribution in [-0.4, -0.2) is 31.4 Å². The lowest BCUT2D eigenvalue weighted by Gasteiger charge is -2.28. The third kappa shape index (κ3) is 1.63. The molecule has 0 aromatic heterocycles. The summed E-state index contributed by atoms with van der Waals surface area (Å²) in [4.78, 5) is 3.92. The van der Waals surface area contributed by atoms with Crippen LogP contribution in [0.5, 0.6) is 0 Å². The molecule has 0 bridgehead atoms. The van der Waals surface area contributed by atoms with E-state index in [4.69, 9.17) is 15.2 Å². The highest BCUT2D eigenvalue weighted by atomic mass is 16.6. The van der Waals surface area contributed by atoms with Gasteiger partial charge in [-0.25, -0.2) is 4.99 Å². The summed E-state index contributed by atoms with van der Waals surface area (Å²) >= 11 is 0. The van der Waals surface area contributed by atoms with Gasteiger partial charge in [-0.05, 0) is 13.8 Å². The Labute approximate surface area is 66.4 Å². The van der Waals surface area contributed by atoms with Gasteiger partial charge in [-0.15, -0.1) is 0 Å². The zero-order valence-corrected chi connectivity index (χ0v) is 7.13. The van der Waals surface area contributed by atoms with Crippen LogP contribution in [0.25, 0.3) is 0 Å². The molecule has 4 nitrogen and oxygen atoms in total. The maximum Gasteiger partial charge on any atom is 0.282 e. The molecule has 0 aromatic rings. The largest absolute Gasteiger partial charge is 0.457 e. The van der Waals surface area contributed by atoms with Gasteiger partial charge in [-0.2, -0.15) is 0 Å². The summed E-state index contributed by atoms with van der Waals surface area (Å²) in [5.41, 5.74) is 5.03. The Morgan fingerprint density at radius 2 is 2.36 bits per heavy atom. The van der Waals surface area contributed by atoms with E-state index in [1.807, 2.05) is 13.8 Å². The predicted molar refractivity (Wildman–Crippen MR) is 42.5 cm³/mol. The van der Waals surface area contributed by atoms with Crippen LogP contribution in [0.3, 0.4) is 0 Å². The lowest BCUT2D eigenvalue weighted by Crippen LogP contribution is -2.41. The molecule has 64 valence electrons. The van der Waals surface area contributed by atoms with Gasteiger partial charge in [-0.1, -0.05) is 0 Å². The van der Waals surface area contributed by atoms with Crippen LogP contribution in [-0.2, 0) is 9.47 Å². The molecular weight excluding hydrogens is 144 g/mol. The fraction of sp³-hybridized carbons (Fsp3) is 0.857. The summed E-state index contributed by atoms with van der Waals surface area (Å²) in [5, 5.41) is 0. The molecule has 4 heteroatoms. The van der Waals surface area contributed by atoms with Crippen molar-refractivity contribution in [3.8, 4) is 0 Å². The van der Waals surface area contributed by atoms with Crippen LogP contribution >= 0.6 is 0 Å². The van der Waals surface area contributed by atoms with E-state index >= 15 is 0 Å². The second-order valence-corrected chi connectivity index (χ2v) is 3.09. The fourth-order valence-corrected chi connectivity index (χ4v) is 0.886. The highest BCUT2D eigenvalue weighted by Gasteiger charge is 2.34. The molecule has 1 rings (SSSR count). The van der Waals surface area contributed by atoms with E-state index in [-0.39, 0.29) is 17.7 Å². The SMILES string of the molecule is COC(C)(C)C1CN=C(N)O1. The summed E-state index contributed by atoms with van der Waals surface area (Å²) in [6.45, 7) is 4.49. The molecule has 0 radical (unpaired) electrons. The Morgan fingerprint density at radius 3 is 2.73 bits per heavy atom. The Hall–Kier alpha value is -0.770. The number of amidine groups is 1. The molecule has 1 unspecified atom stereocenters. The first-order chi connectivity index (χ1) is 5.06. The van der Waals surface area contributed by atoms with Crippen molar-refractivity contribution in [2.75, 3.05) is 13.7 Å². The van der Waals surface area contributed by atoms with Crippen LogP contribution in [0.4, 0.5) is 0 Å². The summed E-state index contributed by atoms with van der Waals surface area (Å²) in [6.07, 6.45) is -0.0486. The van der Waals surface area contributed by atoms with Gasteiger partial charge in [0, 0.05) is 7.11 Å². The van der Waals surface area contributed by atoms with Crippen molar-refractivity contribution in [2.45, 2.75) is 25.6 Å². The molecule has 1 heterocycles. The summed E-state index contributed by atoms with van der Waals surface area (Å²) in [7, 11) is 1.65. The standard InChI is InChI=1S/C7H14N2O2/c1-7(2,10-3)5-4-9-6(8)11-5/h5H,4H2,1-3H3,(H2,8,9). The fourth-order valence-electron chi connectivity index (χ4n) is 0.886. The number of nitrogens with two attached hydrogens (primary N) is 1. The van der Waals surface area contributed by atoms with Crippen molar-refractivity contribution in [2.24, 2.45) is 10.7 Å². The molecule has 1 aliphatic rings. The first-order valence-electron chi connectivity index (χ1n) is 3.58. The van der Waals surface area contributed by atoms with Crippen molar-refractivity contribution >= 4 is 6.02 Å². The van der Waals surface area contributed by atoms with Crippen LogP contribution in [0, 0.1) is 0 Å². The van der Waals surface area contributed by atoms with Crippen molar-refractivity contribution in [3.05, 3.63) is 0 Å². The van der Waals surface area contributed by atoms with Gasteiger partial charge in [0.2, 0.25) is 0 Å². The van der Waals surface area contributed by atoms with Gasteiger partial charge in [0.25, 0.3) is 6.02 Å². The molecule has 11 heavy (non-hydrogen) atoms. The number of nitrogens with zero attached hydrogens (tertiary/aromatic N) is 1. The molecule has 2 N–H and O–H groups in total. The topological polar surface area (TPSA) is 56.8 Å². The first-order valence-corrected chi connectivity index (χ1v) is 3.58. The Morgan fingerprint density at radius 1 is 1.73 bits per heavy atom. The van der Waals surface area contributed by atoms with Crippen LogP contribution in [0.15, 0.2) is 4.99 Å². The molecule has 1 atom stereocenters. The van der Waals surface area contributed by atoms with Gasteiger partial charge < -0.3 is 15.2 Å². The lowest BCUT2D eigenvalue weighted by atomic mass is 10.0. The lowest BCUT2D eigenvalue weighted by molar-refractivity contribution is -0.0594. The Balaban J connectivity index is 2.52. The van der Waals surface area contributed by atoms with Crippen molar-refractivity contribution < 1.29 is 9.47 Å². The summed E-state index contributed by atoms with van der Waals surface area (Å²) in [6, 6.07) is 0.264. The second kappa shape index (κ2) is 2.70. The van der Waals surface area contributed by atoms with Crippen LogP contribution in [0.2, 0.25) is 0 Å². The normalized spacial score (nSPS) is 24.6. The Bertz CT molecular complexity index is 177. The van der Waals surface area contributed by atoms with Crippen molar-refractivity contribution in [1.29, 1.82) is 0 Å². The third-order valence-electron chi connectivity index (χ3n) is 1.98. The molecule has 0 saturated heterocycles. The third-order valence-corrected chi connectivity index (χ3v) is 1.98. The van der Waals surface area contributed by atoms with E-state index in [2.05, 4.69) is 4.99 Å². The summed E-state index contributed by atoms with van der Waals surface area (Å²) < 4.78 is 10.4. The van der Waals surface area contributed by atoms with Gasteiger partial charge >= 0.3 is 0 Å². The number of ether oxygens (including phenoxy) is 2. The molecule has 0 fully saturated rings.